The Hall–Kier alpha value is -1.07. The SMILES string of the molecule is CC(NC1CC(C)(C)NC(C)(C)C1)c1ccccc1C(F)(F)F. The number of hydrogen-bond donors (Lipinski definition) is 2. The Morgan fingerprint density at radius 3 is 2.13 bits per heavy atom. The fraction of sp³-hybridized carbons (Fsp3) is 0.667. The molecule has 130 valence electrons. The molecule has 1 atom stereocenters. The molecule has 1 aliphatic heterocycles. The van der Waals surface area contributed by atoms with Gasteiger partial charge in [-0.1, -0.05) is 18.2 Å². The van der Waals surface area contributed by atoms with Gasteiger partial charge in [-0.05, 0) is 59.1 Å². The van der Waals surface area contributed by atoms with E-state index in [0.717, 1.165) is 18.9 Å². The monoisotopic (exact) mass is 328 g/mol. The minimum Gasteiger partial charge on any atom is -0.307 e. The molecule has 0 saturated carbocycles. The van der Waals surface area contributed by atoms with Gasteiger partial charge in [0.25, 0.3) is 0 Å². The number of halogens is 3. The predicted octanol–water partition coefficient (Wildman–Crippen LogP) is 4.67. The second-order valence-corrected chi connectivity index (χ2v) is 7.97. The number of rotatable bonds is 3. The Labute approximate surface area is 136 Å². The van der Waals surface area contributed by atoms with Crippen LogP contribution in [-0.2, 0) is 6.18 Å². The number of piperidine rings is 1. The Bertz CT molecular complexity index is 533. The maximum absolute atomic E-state index is 13.2. The van der Waals surface area contributed by atoms with Crippen LogP contribution in [0, 0.1) is 0 Å². The summed E-state index contributed by atoms with van der Waals surface area (Å²) in [6, 6.07) is 5.66. The summed E-state index contributed by atoms with van der Waals surface area (Å²) in [4.78, 5) is 0. The van der Waals surface area contributed by atoms with Crippen LogP contribution in [0.2, 0.25) is 0 Å². The van der Waals surface area contributed by atoms with Gasteiger partial charge in [-0.15, -0.1) is 0 Å². The van der Waals surface area contributed by atoms with Gasteiger partial charge >= 0.3 is 6.18 Å². The number of alkyl halides is 3. The largest absolute Gasteiger partial charge is 0.416 e. The first-order valence-corrected chi connectivity index (χ1v) is 8.11. The van der Waals surface area contributed by atoms with E-state index in [1.807, 2.05) is 6.92 Å². The lowest BCUT2D eigenvalue weighted by Gasteiger charge is -2.47. The molecule has 0 spiro atoms. The van der Waals surface area contributed by atoms with Gasteiger partial charge in [0.1, 0.15) is 0 Å². The predicted molar refractivity (Wildman–Crippen MR) is 87.3 cm³/mol. The van der Waals surface area contributed by atoms with E-state index in [1.165, 1.54) is 6.07 Å². The zero-order valence-electron chi connectivity index (χ0n) is 14.5. The zero-order chi connectivity index (χ0) is 17.5. The number of hydrogen-bond acceptors (Lipinski definition) is 2. The highest BCUT2D eigenvalue weighted by Gasteiger charge is 2.39. The van der Waals surface area contributed by atoms with Gasteiger partial charge in [-0.2, -0.15) is 13.2 Å². The van der Waals surface area contributed by atoms with Crippen molar-refractivity contribution in [3.05, 3.63) is 35.4 Å². The number of nitrogens with one attached hydrogen (secondary N) is 2. The molecule has 5 heteroatoms. The fourth-order valence-electron chi connectivity index (χ4n) is 4.02. The maximum atomic E-state index is 13.2. The summed E-state index contributed by atoms with van der Waals surface area (Å²) in [7, 11) is 0. The third kappa shape index (κ3) is 4.70. The maximum Gasteiger partial charge on any atom is 0.416 e. The van der Waals surface area contributed by atoms with Gasteiger partial charge in [0.15, 0.2) is 0 Å². The van der Waals surface area contributed by atoms with Crippen LogP contribution in [0.25, 0.3) is 0 Å². The van der Waals surface area contributed by atoms with E-state index in [2.05, 4.69) is 38.3 Å². The summed E-state index contributed by atoms with van der Waals surface area (Å²) >= 11 is 0. The lowest BCUT2D eigenvalue weighted by molar-refractivity contribution is -0.138. The van der Waals surface area contributed by atoms with Crippen LogP contribution < -0.4 is 10.6 Å². The van der Waals surface area contributed by atoms with Crippen molar-refractivity contribution in [3.63, 3.8) is 0 Å². The van der Waals surface area contributed by atoms with Gasteiger partial charge in [-0.3, -0.25) is 0 Å². The Balaban J connectivity index is 2.18. The van der Waals surface area contributed by atoms with Crippen LogP contribution in [-0.4, -0.2) is 17.1 Å². The smallest absolute Gasteiger partial charge is 0.307 e. The van der Waals surface area contributed by atoms with E-state index < -0.39 is 11.7 Å². The molecule has 1 aliphatic rings. The van der Waals surface area contributed by atoms with Crippen LogP contribution >= 0.6 is 0 Å². The Morgan fingerprint density at radius 1 is 1.09 bits per heavy atom. The van der Waals surface area contributed by atoms with E-state index in [0.29, 0.717) is 5.56 Å². The van der Waals surface area contributed by atoms with Crippen molar-refractivity contribution in [1.82, 2.24) is 10.6 Å². The first-order valence-electron chi connectivity index (χ1n) is 8.11. The summed E-state index contributed by atoms with van der Waals surface area (Å²) in [6.45, 7) is 10.4. The Kier molecular flexibility index (Phi) is 4.84. The van der Waals surface area contributed by atoms with Gasteiger partial charge in [0.05, 0.1) is 5.56 Å². The molecule has 23 heavy (non-hydrogen) atoms. The first kappa shape index (κ1) is 18.3. The molecule has 0 aliphatic carbocycles. The Morgan fingerprint density at radius 2 is 1.61 bits per heavy atom. The molecule has 0 radical (unpaired) electrons. The molecule has 0 amide bonds. The lowest BCUT2D eigenvalue weighted by Crippen LogP contribution is -2.61. The summed E-state index contributed by atoms with van der Waals surface area (Å²) in [5.41, 5.74) is -0.313. The van der Waals surface area contributed by atoms with Gasteiger partial charge < -0.3 is 10.6 Å². The van der Waals surface area contributed by atoms with E-state index in [9.17, 15) is 13.2 Å². The lowest BCUT2D eigenvalue weighted by atomic mass is 9.79. The van der Waals surface area contributed by atoms with E-state index in [1.54, 1.807) is 12.1 Å². The van der Waals surface area contributed by atoms with Gasteiger partial charge in [-0.25, -0.2) is 0 Å². The highest BCUT2D eigenvalue weighted by molar-refractivity contribution is 5.32. The normalized spacial score (nSPS) is 22.8. The van der Waals surface area contributed by atoms with Crippen molar-refractivity contribution >= 4 is 0 Å². The van der Waals surface area contributed by atoms with Crippen LogP contribution in [0.1, 0.15) is 64.6 Å². The molecule has 2 rings (SSSR count). The molecular weight excluding hydrogens is 301 g/mol. The van der Waals surface area contributed by atoms with Gasteiger partial charge in [0, 0.05) is 23.2 Å². The summed E-state index contributed by atoms with van der Waals surface area (Å²) in [5, 5.41) is 7.01. The molecule has 2 nitrogen and oxygen atoms in total. The van der Waals surface area contributed by atoms with E-state index >= 15 is 0 Å². The van der Waals surface area contributed by atoms with E-state index in [4.69, 9.17) is 0 Å². The highest BCUT2D eigenvalue weighted by Crippen LogP contribution is 2.35. The molecule has 2 N–H and O–H groups in total. The highest BCUT2D eigenvalue weighted by atomic mass is 19.4. The fourth-order valence-corrected chi connectivity index (χ4v) is 4.02. The quantitative estimate of drug-likeness (QED) is 0.843. The van der Waals surface area contributed by atoms with Crippen molar-refractivity contribution in [1.29, 1.82) is 0 Å². The molecule has 1 saturated heterocycles. The van der Waals surface area contributed by atoms with Gasteiger partial charge in [0.2, 0.25) is 0 Å². The van der Waals surface area contributed by atoms with Crippen LogP contribution in [0.3, 0.4) is 0 Å². The average Bonchev–Trinajstić information content (AvgIpc) is 2.33. The average molecular weight is 328 g/mol. The third-order valence-electron chi connectivity index (χ3n) is 4.41. The van der Waals surface area contributed by atoms with Crippen LogP contribution in [0.4, 0.5) is 13.2 Å². The van der Waals surface area contributed by atoms with Crippen molar-refractivity contribution in [2.24, 2.45) is 0 Å². The second kappa shape index (κ2) is 6.10. The second-order valence-electron chi connectivity index (χ2n) is 7.97. The van der Waals surface area contributed by atoms with Crippen LogP contribution in [0.5, 0.6) is 0 Å². The summed E-state index contributed by atoms with van der Waals surface area (Å²) in [5.74, 6) is 0. The summed E-state index contributed by atoms with van der Waals surface area (Å²) < 4.78 is 39.6. The summed E-state index contributed by atoms with van der Waals surface area (Å²) in [6.07, 6.45) is -2.55. The molecule has 0 bridgehead atoms. The molecule has 1 heterocycles. The molecule has 0 aromatic heterocycles. The topological polar surface area (TPSA) is 24.1 Å². The minimum absolute atomic E-state index is 0.0390. The van der Waals surface area contributed by atoms with Crippen molar-refractivity contribution in [3.8, 4) is 0 Å². The zero-order valence-corrected chi connectivity index (χ0v) is 14.5. The van der Waals surface area contributed by atoms with Crippen molar-refractivity contribution < 1.29 is 13.2 Å². The van der Waals surface area contributed by atoms with Crippen molar-refractivity contribution in [2.75, 3.05) is 0 Å². The minimum atomic E-state index is -4.32. The van der Waals surface area contributed by atoms with Crippen molar-refractivity contribution in [2.45, 2.75) is 76.8 Å². The molecule has 1 aromatic carbocycles. The first-order chi connectivity index (χ1) is 10.4. The molecule has 1 aromatic rings. The molecule has 1 fully saturated rings. The molecular formula is C18H27F3N2. The molecule has 1 unspecified atom stereocenters. The van der Waals surface area contributed by atoms with E-state index in [-0.39, 0.29) is 23.2 Å². The third-order valence-corrected chi connectivity index (χ3v) is 4.41. The van der Waals surface area contributed by atoms with Crippen LogP contribution in [0.15, 0.2) is 24.3 Å². The number of benzene rings is 1. The standard InChI is InChI=1S/C18H27F3N2/c1-12(14-8-6-7-9-15(14)18(19,20)21)22-13-10-16(2,3)23-17(4,5)11-13/h6-9,12-13,22-23H,10-11H2,1-5H3.